The molecular formula is C26H32F2N6O3S. The quantitative estimate of drug-likeness (QED) is 0.413. The number of nitrogens with one attached hydrogen (secondary N) is 1. The molecule has 204 valence electrons. The van der Waals surface area contributed by atoms with Crippen LogP contribution >= 0.6 is 11.3 Å². The molecule has 5 rings (SSSR count). The fourth-order valence-electron chi connectivity index (χ4n) is 4.96. The maximum Gasteiger partial charge on any atom is 0.263 e. The number of hydrogen-bond acceptors (Lipinski definition) is 9. The largest absolute Gasteiger partial charge is 0.397 e. The van der Waals surface area contributed by atoms with Gasteiger partial charge in [0.15, 0.2) is 0 Å². The van der Waals surface area contributed by atoms with E-state index in [-0.39, 0.29) is 52.3 Å². The highest BCUT2D eigenvalue weighted by Gasteiger charge is 2.34. The SMILES string of the molecule is COC(C)COC1CN(c2cc(F)c3c(n2)CCC(NC(=O)c2sc4nc(C)c(F)cc4c2N)C3)CC1N. The standard InChI is InChI=1S/C26H32F2N6O3S/c1-12(36-3)11-37-21-10-34(9-19(21)29)22-8-18(28)15-6-14(4-5-20(15)33-22)32-25(35)24-23(30)16-7-17(27)13(2)31-26(16)38-24/h7-8,12,14,19,21H,4-6,9-11,29-30H2,1-3H3,(H,32,35). The minimum atomic E-state index is -0.472. The molecule has 0 spiro atoms. The number of amides is 1. The Morgan fingerprint density at radius 3 is 2.84 bits per heavy atom. The van der Waals surface area contributed by atoms with Gasteiger partial charge < -0.3 is 31.2 Å². The molecule has 9 nitrogen and oxygen atoms in total. The molecule has 4 unspecified atom stereocenters. The van der Waals surface area contributed by atoms with Gasteiger partial charge in [0, 0.05) is 49.0 Å². The number of halogens is 2. The molecule has 4 heterocycles. The molecule has 3 aromatic rings. The van der Waals surface area contributed by atoms with Crippen LogP contribution in [0.5, 0.6) is 0 Å². The fourth-order valence-corrected chi connectivity index (χ4v) is 5.98. The summed E-state index contributed by atoms with van der Waals surface area (Å²) in [6.45, 7) is 4.96. The lowest BCUT2D eigenvalue weighted by atomic mass is 9.91. The van der Waals surface area contributed by atoms with Crippen molar-refractivity contribution in [2.45, 2.75) is 57.4 Å². The Hall–Kier alpha value is -2.93. The van der Waals surface area contributed by atoms with Crippen LogP contribution in [0.1, 0.15) is 40.0 Å². The van der Waals surface area contributed by atoms with E-state index in [0.29, 0.717) is 66.3 Å². The third-order valence-electron chi connectivity index (χ3n) is 7.29. The zero-order chi connectivity index (χ0) is 27.1. The first-order valence-corrected chi connectivity index (χ1v) is 13.5. The van der Waals surface area contributed by atoms with Gasteiger partial charge in [0.25, 0.3) is 5.91 Å². The summed E-state index contributed by atoms with van der Waals surface area (Å²) in [6.07, 6.45) is 1.21. The van der Waals surface area contributed by atoms with Crippen molar-refractivity contribution in [3.05, 3.63) is 45.6 Å². The molecule has 1 aliphatic heterocycles. The van der Waals surface area contributed by atoms with Crippen LogP contribution in [0.3, 0.4) is 0 Å². The molecule has 1 amide bonds. The summed E-state index contributed by atoms with van der Waals surface area (Å²) in [4.78, 5) is 24.7. The van der Waals surface area contributed by atoms with E-state index in [2.05, 4.69) is 10.3 Å². The Labute approximate surface area is 223 Å². The van der Waals surface area contributed by atoms with Gasteiger partial charge in [-0.15, -0.1) is 11.3 Å². The van der Waals surface area contributed by atoms with Gasteiger partial charge in [0.05, 0.1) is 36.2 Å². The van der Waals surface area contributed by atoms with E-state index in [1.54, 1.807) is 14.0 Å². The molecule has 12 heteroatoms. The van der Waals surface area contributed by atoms with E-state index >= 15 is 4.39 Å². The highest BCUT2D eigenvalue weighted by molar-refractivity contribution is 7.21. The molecule has 0 radical (unpaired) electrons. The average Bonchev–Trinajstić information content (AvgIpc) is 3.42. The summed E-state index contributed by atoms with van der Waals surface area (Å²) in [5.41, 5.74) is 14.1. The molecule has 0 saturated carbocycles. The molecule has 0 bridgehead atoms. The van der Waals surface area contributed by atoms with Crippen LogP contribution in [-0.2, 0) is 22.3 Å². The van der Waals surface area contributed by atoms with E-state index in [4.69, 9.17) is 25.9 Å². The van der Waals surface area contributed by atoms with E-state index in [9.17, 15) is 9.18 Å². The van der Waals surface area contributed by atoms with Gasteiger partial charge >= 0.3 is 0 Å². The van der Waals surface area contributed by atoms with Crippen LogP contribution < -0.4 is 21.7 Å². The number of pyridine rings is 2. The molecule has 1 aliphatic carbocycles. The van der Waals surface area contributed by atoms with Crippen molar-refractivity contribution in [2.75, 3.05) is 37.4 Å². The van der Waals surface area contributed by atoms with E-state index in [1.807, 2.05) is 11.8 Å². The first kappa shape index (κ1) is 26.7. The first-order chi connectivity index (χ1) is 18.1. The Balaban J connectivity index is 1.26. The van der Waals surface area contributed by atoms with E-state index in [0.717, 1.165) is 11.3 Å². The van der Waals surface area contributed by atoms with Gasteiger partial charge in [-0.25, -0.2) is 18.7 Å². The normalized spacial score (nSPS) is 22.1. The third-order valence-corrected chi connectivity index (χ3v) is 8.41. The topological polar surface area (TPSA) is 129 Å². The average molecular weight is 547 g/mol. The van der Waals surface area contributed by atoms with E-state index in [1.165, 1.54) is 12.1 Å². The van der Waals surface area contributed by atoms with Crippen molar-refractivity contribution < 1.29 is 23.0 Å². The third kappa shape index (κ3) is 5.18. The van der Waals surface area contributed by atoms with Crippen LogP contribution in [-0.4, -0.2) is 67.0 Å². The Morgan fingerprint density at radius 2 is 2.08 bits per heavy atom. The van der Waals surface area contributed by atoms with Crippen molar-refractivity contribution in [1.29, 1.82) is 0 Å². The molecule has 0 aromatic carbocycles. The number of nitrogen functional groups attached to an aromatic ring is 1. The maximum atomic E-state index is 15.3. The second kappa shape index (κ2) is 10.7. The number of methoxy groups -OCH3 is 1. The number of hydrogen-bond donors (Lipinski definition) is 3. The molecule has 5 N–H and O–H groups in total. The fraction of sp³-hybridized carbons (Fsp3) is 0.500. The zero-order valence-electron chi connectivity index (χ0n) is 21.6. The predicted octanol–water partition coefficient (Wildman–Crippen LogP) is 2.71. The minimum Gasteiger partial charge on any atom is -0.397 e. The molecule has 3 aromatic heterocycles. The number of aryl methyl sites for hydroxylation is 2. The van der Waals surface area contributed by atoms with Gasteiger partial charge in [-0.1, -0.05) is 0 Å². The summed E-state index contributed by atoms with van der Waals surface area (Å²) < 4.78 is 40.4. The number of nitrogens with two attached hydrogens (primary N) is 2. The Bertz CT molecular complexity index is 1370. The molecule has 1 saturated heterocycles. The zero-order valence-corrected chi connectivity index (χ0v) is 22.4. The van der Waals surface area contributed by atoms with Crippen LogP contribution in [0, 0.1) is 18.6 Å². The lowest BCUT2D eigenvalue weighted by Crippen LogP contribution is -2.39. The van der Waals surface area contributed by atoms with Crippen molar-refractivity contribution >= 4 is 39.0 Å². The van der Waals surface area contributed by atoms with Gasteiger partial charge in [0.1, 0.15) is 27.2 Å². The number of aromatic nitrogens is 2. The highest BCUT2D eigenvalue weighted by atomic mass is 32.1. The van der Waals surface area contributed by atoms with Gasteiger partial charge in [-0.05, 0) is 39.2 Å². The van der Waals surface area contributed by atoms with Crippen LogP contribution in [0.25, 0.3) is 10.2 Å². The predicted molar refractivity (Wildman–Crippen MR) is 143 cm³/mol. The van der Waals surface area contributed by atoms with E-state index < -0.39 is 5.82 Å². The summed E-state index contributed by atoms with van der Waals surface area (Å²) in [5.74, 6) is -0.661. The van der Waals surface area contributed by atoms with Crippen molar-refractivity contribution in [2.24, 2.45) is 5.73 Å². The Morgan fingerprint density at radius 1 is 1.29 bits per heavy atom. The number of nitrogens with zero attached hydrogens (tertiary/aromatic N) is 3. The first-order valence-electron chi connectivity index (χ1n) is 12.6. The summed E-state index contributed by atoms with van der Waals surface area (Å²) in [5, 5.41) is 3.38. The molecule has 1 fully saturated rings. The number of anilines is 2. The highest BCUT2D eigenvalue weighted by Crippen LogP contribution is 2.34. The van der Waals surface area contributed by atoms with Crippen LogP contribution in [0.4, 0.5) is 20.3 Å². The van der Waals surface area contributed by atoms with Crippen molar-refractivity contribution in [3.8, 4) is 0 Å². The monoisotopic (exact) mass is 546 g/mol. The van der Waals surface area contributed by atoms with Crippen LogP contribution in [0.15, 0.2) is 12.1 Å². The summed E-state index contributed by atoms with van der Waals surface area (Å²) >= 11 is 1.12. The molecule has 38 heavy (non-hydrogen) atoms. The van der Waals surface area contributed by atoms with Gasteiger partial charge in [-0.3, -0.25) is 4.79 Å². The number of carbonyl (C=O) groups excluding carboxylic acids is 1. The van der Waals surface area contributed by atoms with Crippen molar-refractivity contribution in [3.63, 3.8) is 0 Å². The van der Waals surface area contributed by atoms with Crippen molar-refractivity contribution in [1.82, 2.24) is 15.3 Å². The number of thiophene rings is 1. The summed E-state index contributed by atoms with van der Waals surface area (Å²) in [7, 11) is 1.63. The van der Waals surface area contributed by atoms with Gasteiger partial charge in [0.2, 0.25) is 0 Å². The maximum absolute atomic E-state index is 15.3. The number of ether oxygens (including phenoxy) is 2. The molecular weight excluding hydrogens is 514 g/mol. The number of carbonyl (C=O) groups is 1. The lowest BCUT2D eigenvalue weighted by molar-refractivity contribution is -0.0166. The van der Waals surface area contributed by atoms with Crippen LogP contribution in [0.2, 0.25) is 0 Å². The lowest BCUT2D eigenvalue weighted by Gasteiger charge is -2.27. The minimum absolute atomic E-state index is 0.0387. The summed E-state index contributed by atoms with van der Waals surface area (Å²) in [6, 6.07) is 2.24. The number of fused-ring (bicyclic) bond motifs is 2. The second-order valence-corrected chi connectivity index (χ2v) is 11.0. The smallest absolute Gasteiger partial charge is 0.263 e. The molecule has 4 atom stereocenters. The second-order valence-electron chi connectivity index (χ2n) is 10.0. The van der Waals surface area contributed by atoms with Gasteiger partial charge in [-0.2, -0.15) is 0 Å². The number of rotatable bonds is 7. The Kier molecular flexibility index (Phi) is 7.49. The molecule has 2 aliphatic rings.